The van der Waals surface area contributed by atoms with Crippen LogP contribution in [0.2, 0.25) is 0 Å². The van der Waals surface area contributed by atoms with Crippen molar-refractivity contribution < 1.29 is 32.2 Å². The number of rotatable bonds is 5. The number of nitrogens with zero attached hydrogens (tertiary/aromatic N) is 3. The highest BCUT2D eigenvalue weighted by Crippen LogP contribution is 2.27. The smallest absolute Gasteiger partial charge is 0.443 e. The van der Waals surface area contributed by atoms with E-state index in [1.807, 2.05) is 0 Å². The molecule has 1 aromatic carbocycles. The summed E-state index contributed by atoms with van der Waals surface area (Å²) < 4.78 is 46.7. The normalized spacial score (nSPS) is 11.4. The average molecular weight is 395 g/mol. The van der Waals surface area contributed by atoms with Gasteiger partial charge in [-0.05, 0) is 30.3 Å². The fourth-order valence-corrected chi connectivity index (χ4v) is 2.53. The lowest BCUT2D eigenvalue weighted by molar-refractivity contribution is -0.274. The third-order valence-electron chi connectivity index (χ3n) is 3.57. The monoisotopic (exact) mass is 395 g/mol. The first kappa shape index (κ1) is 18.9. The Bertz CT molecular complexity index is 1050. The highest BCUT2D eigenvalue weighted by atomic mass is 19.4. The first-order valence-corrected chi connectivity index (χ1v) is 7.60. The lowest BCUT2D eigenvalue weighted by atomic mass is 10.1. The third kappa shape index (κ3) is 3.95. The molecule has 0 radical (unpaired) electrons. The van der Waals surface area contributed by atoms with Gasteiger partial charge in [0.05, 0.1) is 16.6 Å². The molecule has 0 fully saturated rings. The van der Waals surface area contributed by atoms with Crippen LogP contribution in [0.15, 0.2) is 36.5 Å². The van der Waals surface area contributed by atoms with E-state index in [1.54, 1.807) is 0 Å². The number of primary amides is 2. The summed E-state index contributed by atoms with van der Waals surface area (Å²) in [6, 6.07) is 6.17. The maximum atomic E-state index is 12.3. The number of carbonyl (C=O) groups is 2. The summed E-state index contributed by atoms with van der Waals surface area (Å²) in [6.07, 6.45) is -4.56. The number of alkyl halides is 3. The van der Waals surface area contributed by atoms with Gasteiger partial charge in [0.1, 0.15) is 18.1 Å². The number of ether oxygens (including phenoxy) is 2. The van der Waals surface area contributed by atoms with Gasteiger partial charge in [-0.25, -0.2) is 14.5 Å². The van der Waals surface area contributed by atoms with Crippen LogP contribution in [-0.4, -0.2) is 33.1 Å². The number of fused-ring (bicyclic) bond motifs is 1. The molecule has 0 aliphatic heterocycles. The topological polar surface area (TPSA) is 135 Å². The molecule has 3 aromatic rings. The molecule has 3 rings (SSSR count). The Balaban J connectivity index is 2.09. The van der Waals surface area contributed by atoms with E-state index in [4.69, 9.17) is 16.2 Å². The first-order chi connectivity index (χ1) is 13.2. The molecule has 0 aliphatic carbocycles. The van der Waals surface area contributed by atoms with Gasteiger partial charge in [-0.3, -0.25) is 4.79 Å². The molecular formula is C16H12F3N5O4. The molecule has 2 heterocycles. The van der Waals surface area contributed by atoms with Crippen molar-refractivity contribution in [3.63, 3.8) is 0 Å². The van der Waals surface area contributed by atoms with Crippen molar-refractivity contribution >= 4 is 23.0 Å². The van der Waals surface area contributed by atoms with Gasteiger partial charge in [0.25, 0.3) is 0 Å². The van der Waals surface area contributed by atoms with Crippen molar-refractivity contribution in [1.82, 2.24) is 14.8 Å². The Kier molecular flexibility index (Phi) is 4.78. The van der Waals surface area contributed by atoms with Crippen molar-refractivity contribution in [3.05, 3.63) is 47.8 Å². The number of hydrogen-bond acceptors (Lipinski definition) is 6. The second-order valence-corrected chi connectivity index (χ2v) is 5.43. The Morgan fingerprint density at radius 3 is 2.36 bits per heavy atom. The van der Waals surface area contributed by atoms with E-state index < -0.39 is 24.1 Å². The van der Waals surface area contributed by atoms with Gasteiger partial charge in [-0.2, -0.15) is 5.10 Å². The molecule has 0 bridgehead atoms. The second-order valence-electron chi connectivity index (χ2n) is 5.43. The van der Waals surface area contributed by atoms with E-state index in [-0.39, 0.29) is 28.9 Å². The standard InChI is InChI=1S/C16H12F3N5O4/c17-16(18,19)28-9-3-1-8(2-4-9)24-14-12(10(13(20)25)5-6-22-14)11(23-24)7-27-15(21)26/h1-6H,7H2,(H2,20,25)(H2,21,26). The van der Waals surface area contributed by atoms with Gasteiger partial charge < -0.3 is 20.9 Å². The zero-order valence-corrected chi connectivity index (χ0v) is 13.9. The molecule has 12 heteroatoms. The highest BCUT2D eigenvalue weighted by molar-refractivity contribution is 6.05. The van der Waals surface area contributed by atoms with Crippen LogP contribution in [0.25, 0.3) is 16.7 Å². The number of halogens is 3. The van der Waals surface area contributed by atoms with Gasteiger partial charge in [0.15, 0.2) is 5.65 Å². The Morgan fingerprint density at radius 1 is 1.11 bits per heavy atom. The molecule has 0 saturated heterocycles. The van der Waals surface area contributed by atoms with Gasteiger partial charge in [0.2, 0.25) is 5.91 Å². The third-order valence-corrected chi connectivity index (χ3v) is 3.57. The maximum absolute atomic E-state index is 12.3. The summed E-state index contributed by atoms with van der Waals surface area (Å²) in [5.74, 6) is -1.18. The number of amides is 2. The molecule has 9 nitrogen and oxygen atoms in total. The van der Waals surface area contributed by atoms with Crippen LogP contribution in [0.3, 0.4) is 0 Å². The number of pyridine rings is 1. The first-order valence-electron chi connectivity index (χ1n) is 7.60. The molecule has 0 unspecified atom stereocenters. The second kappa shape index (κ2) is 7.06. The van der Waals surface area contributed by atoms with Crippen LogP contribution >= 0.6 is 0 Å². The summed E-state index contributed by atoms with van der Waals surface area (Å²) in [5, 5.41) is 4.46. The summed E-state index contributed by atoms with van der Waals surface area (Å²) >= 11 is 0. The van der Waals surface area contributed by atoms with Crippen LogP contribution in [0.4, 0.5) is 18.0 Å². The molecule has 0 aliphatic rings. The fraction of sp³-hybridized carbons (Fsp3) is 0.125. The Labute approximate surface area is 154 Å². The predicted molar refractivity (Wildman–Crippen MR) is 88.4 cm³/mol. The van der Waals surface area contributed by atoms with E-state index in [1.165, 1.54) is 29.1 Å². The summed E-state index contributed by atoms with van der Waals surface area (Å²) in [6.45, 7) is -0.361. The lowest BCUT2D eigenvalue weighted by Crippen LogP contribution is -2.17. The Morgan fingerprint density at radius 2 is 1.79 bits per heavy atom. The van der Waals surface area contributed by atoms with Crippen molar-refractivity contribution in [1.29, 1.82) is 0 Å². The van der Waals surface area contributed by atoms with E-state index in [0.717, 1.165) is 12.1 Å². The van der Waals surface area contributed by atoms with Crippen molar-refractivity contribution in [3.8, 4) is 11.4 Å². The molecule has 0 saturated carbocycles. The van der Waals surface area contributed by atoms with Crippen molar-refractivity contribution in [2.75, 3.05) is 0 Å². The van der Waals surface area contributed by atoms with Gasteiger partial charge >= 0.3 is 12.5 Å². The number of aromatic nitrogens is 3. The van der Waals surface area contributed by atoms with E-state index in [0.29, 0.717) is 5.69 Å². The van der Waals surface area contributed by atoms with Crippen LogP contribution in [0.1, 0.15) is 16.1 Å². The quantitative estimate of drug-likeness (QED) is 0.678. The lowest BCUT2D eigenvalue weighted by Gasteiger charge is -2.09. The molecule has 0 atom stereocenters. The summed E-state index contributed by atoms with van der Waals surface area (Å²) in [7, 11) is 0. The molecule has 2 amide bonds. The molecule has 2 aromatic heterocycles. The maximum Gasteiger partial charge on any atom is 0.573 e. The zero-order chi connectivity index (χ0) is 20.5. The molecule has 0 spiro atoms. The van der Waals surface area contributed by atoms with Crippen molar-refractivity contribution in [2.45, 2.75) is 13.0 Å². The zero-order valence-electron chi connectivity index (χ0n) is 13.9. The predicted octanol–water partition coefficient (Wildman–Crippen LogP) is 2.01. The van der Waals surface area contributed by atoms with E-state index in [9.17, 15) is 22.8 Å². The number of benzene rings is 1. The summed E-state index contributed by atoms with van der Waals surface area (Å²) in [5.41, 5.74) is 11.1. The number of hydrogen-bond donors (Lipinski definition) is 2. The largest absolute Gasteiger partial charge is 0.573 e. The molecular weight excluding hydrogens is 383 g/mol. The fourth-order valence-electron chi connectivity index (χ4n) is 2.53. The number of nitrogens with two attached hydrogens (primary N) is 2. The van der Waals surface area contributed by atoms with Gasteiger partial charge in [-0.1, -0.05) is 0 Å². The van der Waals surface area contributed by atoms with Crippen molar-refractivity contribution in [2.24, 2.45) is 11.5 Å². The number of carbonyl (C=O) groups excluding carboxylic acids is 2. The van der Waals surface area contributed by atoms with Crippen LogP contribution in [0, 0.1) is 0 Å². The van der Waals surface area contributed by atoms with Crippen LogP contribution < -0.4 is 16.2 Å². The minimum atomic E-state index is -4.82. The van der Waals surface area contributed by atoms with Crippen LogP contribution in [0.5, 0.6) is 5.75 Å². The van der Waals surface area contributed by atoms with E-state index in [2.05, 4.69) is 14.8 Å². The highest BCUT2D eigenvalue weighted by Gasteiger charge is 2.31. The molecule has 146 valence electrons. The van der Waals surface area contributed by atoms with Gasteiger partial charge in [-0.15, -0.1) is 13.2 Å². The minimum absolute atomic E-state index is 0.0799. The Hall–Kier alpha value is -3.83. The van der Waals surface area contributed by atoms with Gasteiger partial charge in [0, 0.05) is 6.20 Å². The summed E-state index contributed by atoms with van der Waals surface area (Å²) in [4.78, 5) is 26.8. The molecule has 4 N–H and O–H groups in total. The average Bonchev–Trinajstić information content (AvgIpc) is 2.98. The molecule has 28 heavy (non-hydrogen) atoms. The van der Waals surface area contributed by atoms with E-state index >= 15 is 0 Å². The van der Waals surface area contributed by atoms with Crippen LogP contribution in [-0.2, 0) is 11.3 Å². The minimum Gasteiger partial charge on any atom is -0.443 e. The SMILES string of the molecule is NC(=O)OCc1nn(-c2ccc(OC(F)(F)F)cc2)c2nccc(C(N)=O)c12.